The van der Waals surface area contributed by atoms with Crippen LogP contribution < -0.4 is 10.7 Å². The topological polar surface area (TPSA) is 0 Å². The summed E-state index contributed by atoms with van der Waals surface area (Å²) in [5, 5.41) is 0. The Balaban J connectivity index is 2.54. The van der Waals surface area contributed by atoms with Crippen LogP contribution in [0.1, 0.15) is 33.4 Å². The summed E-state index contributed by atoms with van der Waals surface area (Å²) in [7, 11) is 0. The second kappa shape index (κ2) is 8.29. The van der Waals surface area contributed by atoms with E-state index in [1.165, 1.54) is 33.4 Å². The molecule has 0 aliphatic carbocycles. The molecule has 0 amide bonds. The molecule has 0 aromatic heterocycles. The summed E-state index contributed by atoms with van der Waals surface area (Å²) < 4.78 is 5.86. The van der Waals surface area contributed by atoms with E-state index < -0.39 is 18.4 Å². The number of rotatable bonds is 5. The fourth-order valence-electron chi connectivity index (χ4n) is 4.57. The third kappa shape index (κ3) is 3.72. The first-order chi connectivity index (χ1) is 13.3. The molecule has 0 nitrogen and oxygen atoms in total. The SMILES string of the molecule is C=C[CH2][Sn]([c]1cc(C)ccc1C)([c]1cc(C)ccc1C)[c]1cc(C)ccc1C. The van der Waals surface area contributed by atoms with Crippen LogP contribution in [-0.4, -0.2) is 18.4 Å². The zero-order chi connectivity index (χ0) is 20.5. The molecule has 0 N–H and O–H groups in total. The van der Waals surface area contributed by atoms with Crippen molar-refractivity contribution < 1.29 is 0 Å². The van der Waals surface area contributed by atoms with E-state index in [-0.39, 0.29) is 0 Å². The van der Waals surface area contributed by atoms with E-state index in [9.17, 15) is 0 Å². The predicted octanol–water partition coefficient (Wildman–Crippen LogP) is 5.19. The van der Waals surface area contributed by atoms with Gasteiger partial charge in [-0.2, -0.15) is 0 Å². The molecule has 0 radical (unpaired) electrons. The van der Waals surface area contributed by atoms with Crippen LogP contribution in [0.4, 0.5) is 0 Å². The van der Waals surface area contributed by atoms with Gasteiger partial charge in [0.05, 0.1) is 0 Å². The zero-order valence-electron chi connectivity index (χ0n) is 18.2. The Hall–Kier alpha value is -1.80. The number of aryl methyl sites for hydroxylation is 6. The molecule has 0 spiro atoms. The summed E-state index contributed by atoms with van der Waals surface area (Å²) >= 11 is -3.31. The second-order valence-corrected chi connectivity index (χ2v) is 19.3. The van der Waals surface area contributed by atoms with Crippen LogP contribution in [-0.2, 0) is 0 Å². The van der Waals surface area contributed by atoms with Crippen molar-refractivity contribution in [1.82, 2.24) is 0 Å². The number of hydrogen-bond donors (Lipinski definition) is 0. The first-order valence-corrected chi connectivity index (χ1v) is 16.4. The van der Waals surface area contributed by atoms with Gasteiger partial charge in [0.25, 0.3) is 0 Å². The standard InChI is InChI=1S/3C8H9.C3H5.Sn/c3*1-7-3-5-8(2)6-4-7;1-3-2;/h3*3-5H,1-2H3;3H,1-2H2;. The molecule has 144 valence electrons. The van der Waals surface area contributed by atoms with Crippen molar-refractivity contribution >= 4 is 29.1 Å². The van der Waals surface area contributed by atoms with Gasteiger partial charge in [-0.1, -0.05) is 0 Å². The molecule has 3 aromatic rings. The predicted molar refractivity (Wildman–Crippen MR) is 127 cm³/mol. The van der Waals surface area contributed by atoms with Gasteiger partial charge in [0, 0.05) is 0 Å². The number of hydrogen-bond acceptors (Lipinski definition) is 0. The van der Waals surface area contributed by atoms with Crippen molar-refractivity contribution in [2.75, 3.05) is 0 Å². The summed E-state index contributed by atoms with van der Waals surface area (Å²) in [5.74, 6) is 0. The van der Waals surface area contributed by atoms with Crippen LogP contribution in [0.2, 0.25) is 4.44 Å². The summed E-state index contributed by atoms with van der Waals surface area (Å²) in [5.41, 5.74) is 8.31. The Kier molecular flexibility index (Phi) is 6.19. The van der Waals surface area contributed by atoms with Crippen molar-refractivity contribution in [3.05, 3.63) is 101 Å². The summed E-state index contributed by atoms with van der Waals surface area (Å²) in [6, 6.07) is 21.1. The van der Waals surface area contributed by atoms with Crippen molar-refractivity contribution in [2.45, 2.75) is 46.0 Å². The minimum absolute atomic E-state index is 1.08. The molecule has 0 aliphatic rings. The van der Waals surface area contributed by atoms with E-state index in [1.54, 1.807) is 10.7 Å². The first-order valence-electron chi connectivity index (χ1n) is 10.1. The third-order valence-electron chi connectivity index (χ3n) is 6.01. The van der Waals surface area contributed by atoms with E-state index in [1.807, 2.05) is 0 Å². The van der Waals surface area contributed by atoms with Crippen LogP contribution in [0, 0.1) is 41.5 Å². The Morgan fingerprint density at radius 2 is 0.929 bits per heavy atom. The summed E-state index contributed by atoms with van der Waals surface area (Å²) in [4.78, 5) is 0. The molecule has 0 aliphatic heterocycles. The molecule has 0 fully saturated rings. The molecule has 28 heavy (non-hydrogen) atoms. The molecule has 0 bridgehead atoms. The molecule has 0 unspecified atom stereocenters. The van der Waals surface area contributed by atoms with Gasteiger partial charge in [0.2, 0.25) is 0 Å². The Morgan fingerprint density at radius 3 is 1.21 bits per heavy atom. The van der Waals surface area contributed by atoms with Gasteiger partial charge in [-0.3, -0.25) is 0 Å². The van der Waals surface area contributed by atoms with Crippen LogP contribution in [0.3, 0.4) is 0 Å². The molecule has 0 atom stereocenters. The first kappa shape index (κ1) is 20.9. The van der Waals surface area contributed by atoms with E-state index >= 15 is 0 Å². The maximum absolute atomic E-state index is 4.23. The molecule has 3 rings (SSSR count). The Labute approximate surface area is 175 Å². The van der Waals surface area contributed by atoms with Gasteiger partial charge < -0.3 is 0 Å². The molecule has 0 heterocycles. The van der Waals surface area contributed by atoms with Crippen LogP contribution in [0.15, 0.2) is 67.3 Å². The third-order valence-corrected chi connectivity index (χ3v) is 21.1. The molecule has 0 saturated carbocycles. The van der Waals surface area contributed by atoms with Gasteiger partial charge in [-0.05, 0) is 0 Å². The Morgan fingerprint density at radius 1 is 0.607 bits per heavy atom. The number of benzene rings is 3. The normalized spacial score (nSPS) is 11.5. The van der Waals surface area contributed by atoms with Gasteiger partial charge in [0.1, 0.15) is 0 Å². The zero-order valence-corrected chi connectivity index (χ0v) is 21.0. The van der Waals surface area contributed by atoms with Crippen LogP contribution in [0.5, 0.6) is 0 Å². The Bertz CT molecular complexity index is 901. The summed E-state index contributed by atoms with van der Waals surface area (Å²) in [6.45, 7) is 17.8. The average Bonchev–Trinajstić information content (AvgIpc) is 2.66. The number of allylic oxidation sites excluding steroid dienone is 1. The second-order valence-electron chi connectivity index (χ2n) is 8.35. The molecular weight excluding hydrogens is 443 g/mol. The van der Waals surface area contributed by atoms with Crippen molar-refractivity contribution in [2.24, 2.45) is 0 Å². The van der Waals surface area contributed by atoms with Crippen molar-refractivity contribution in [3.63, 3.8) is 0 Å². The monoisotopic (exact) mass is 476 g/mol. The van der Waals surface area contributed by atoms with Gasteiger partial charge in [0.15, 0.2) is 0 Å². The van der Waals surface area contributed by atoms with Crippen molar-refractivity contribution in [3.8, 4) is 0 Å². The average molecular weight is 475 g/mol. The fraction of sp³-hybridized carbons (Fsp3) is 0.259. The molecule has 0 saturated heterocycles. The maximum atomic E-state index is 4.23. The summed E-state index contributed by atoms with van der Waals surface area (Å²) in [6.07, 6.45) is 2.18. The molecule has 1 heteroatoms. The molecular formula is C27H32Sn. The van der Waals surface area contributed by atoms with Gasteiger partial charge in [-0.15, -0.1) is 0 Å². The minimum atomic E-state index is -3.31. The van der Waals surface area contributed by atoms with Crippen LogP contribution in [0.25, 0.3) is 0 Å². The van der Waals surface area contributed by atoms with Gasteiger partial charge in [-0.25, -0.2) is 0 Å². The van der Waals surface area contributed by atoms with E-state index in [0.717, 1.165) is 4.44 Å². The van der Waals surface area contributed by atoms with Crippen LogP contribution >= 0.6 is 0 Å². The molecule has 3 aromatic carbocycles. The van der Waals surface area contributed by atoms with E-state index in [4.69, 9.17) is 0 Å². The quantitative estimate of drug-likeness (QED) is 0.352. The van der Waals surface area contributed by atoms with Crippen molar-refractivity contribution in [1.29, 1.82) is 0 Å². The van der Waals surface area contributed by atoms with Gasteiger partial charge >= 0.3 is 176 Å². The van der Waals surface area contributed by atoms with E-state index in [0.29, 0.717) is 0 Å². The fourth-order valence-corrected chi connectivity index (χ4v) is 20.7. The van der Waals surface area contributed by atoms with E-state index in [2.05, 4.69) is 109 Å².